The zero-order chi connectivity index (χ0) is 19.5. The predicted octanol–water partition coefficient (Wildman–Crippen LogP) is 1.32. The van der Waals surface area contributed by atoms with Crippen LogP contribution in [-0.4, -0.2) is 61.7 Å². The number of amides is 1. The molecule has 144 valence electrons. The van der Waals surface area contributed by atoms with E-state index >= 15 is 0 Å². The van der Waals surface area contributed by atoms with E-state index in [1.807, 2.05) is 18.7 Å². The van der Waals surface area contributed by atoms with Gasteiger partial charge < -0.3 is 10.4 Å². The van der Waals surface area contributed by atoms with Crippen molar-refractivity contribution in [2.75, 3.05) is 19.3 Å². The number of benzene rings is 1. The van der Waals surface area contributed by atoms with Crippen LogP contribution in [0.1, 0.15) is 42.6 Å². The van der Waals surface area contributed by atoms with E-state index < -0.39 is 15.8 Å². The summed E-state index contributed by atoms with van der Waals surface area (Å²) in [5.74, 6) is -1.16. The number of nitrogens with one attached hydrogen (secondary N) is 1. The first-order valence-corrected chi connectivity index (χ1v) is 10.6. The molecule has 0 radical (unpaired) electrons. The van der Waals surface area contributed by atoms with Crippen molar-refractivity contribution >= 4 is 21.7 Å². The molecule has 0 spiro atoms. The molecule has 0 unspecified atom stereocenters. The number of carbonyl (C=O) groups is 2. The number of aliphatic carboxylic acids is 1. The number of hydrogen-bond donors (Lipinski definition) is 2. The van der Waals surface area contributed by atoms with Crippen molar-refractivity contribution in [3.8, 4) is 0 Å². The molecule has 1 amide bonds. The number of rotatable bonds is 8. The molecule has 1 aliphatic rings. The minimum Gasteiger partial charge on any atom is -0.480 e. The Labute approximate surface area is 154 Å². The maximum Gasteiger partial charge on any atom is 0.317 e. The van der Waals surface area contributed by atoms with E-state index in [0.717, 1.165) is 6.26 Å². The Morgan fingerprint density at radius 3 is 2.42 bits per heavy atom. The number of carboxylic acids is 1. The van der Waals surface area contributed by atoms with Crippen molar-refractivity contribution < 1.29 is 23.1 Å². The highest BCUT2D eigenvalue weighted by atomic mass is 32.2. The number of nitrogens with zero attached hydrogens (tertiary/aromatic N) is 1. The van der Waals surface area contributed by atoms with Crippen LogP contribution in [0.4, 0.5) is 0 Å². The topological polar surface area (TPSA) is 104 Å². The fourth-order valence-corrected chi connectivity index (χ4v) is 4.31. The Hall–Kier alpha value is -1.93. The van der Waals surface area contributed by atoms with Gasteiger partial charge in [0.2, 0.25) is 0 Å². The second-order valence-corrected chi connectivity index (χ2v) is 8.68. The molecule has 1 saturated carbocycles. The van der Waals surface area contributed by atoms with Crippen LogP contribution in [0.5, 0.6) is 0 Å². The SMILES string of the molecule is CCc1ccc(C(=O)NC2CC(N(CC)CC(=O)O)C2)cc1S(C)(=O)=O. The minimum atomic E-state index is -3.40. The van der Waals surface area contributed by atoms with Crippen molar-refractivity contribution in [2.24, 2.45) is 0 Å². The van der Waals surface area contributed by atoms with E-state index in [9.17, 15) is 18.0 Å². The number of carbonyl (C=O) groups excluding carboxylic acids is 1. The molecule has 0 aliphatic heterocycles. The first-order chi connectivity index (χ1) is 12.2. The van der Waals surface area contributed by atoms with Crippen molar-refractivity contribution in [2.45, 2.75) is 50.1 Å². The van der Waals surface area contributed by atoms with Gasteiger partial charge in [0, 0.05) is 23.9 Å². The van der Waals surface area contributed by atoms with Crippen LogP contribution in [0.15, 0.2) is 23.1 Å². The van der Waals surface area contributed by atoms with Gasteiger partial charge in [0.25, 0.3) is 5.91 Å². The molecule has 7 nitrogen and oxygen atoms in total. The molecule has 8 heteroatoms. The lowest BCUT2D eigenvalue weighted by atomic mass is 9.85. The van der Waals surface area contributed by atoms with Crippen molar-refractivity contribution in [3.63, 3.8) is 0 Å². The van der Waals surface area contributed by atoms with E-state index in [4.69, 9.17) is 5.11 Å². The lowest BCUT2D eigenvalue weighted by molar-refractivity contribution is -0.139. The Kier molecular flexibility index (Phi) is 6.41. The third kappa shape index (κ3) is 4.82. The molecule has 26 heavy (non-hydrogen) atoms. The Bertz CT molecular complexity index is 785. The number of carboxylic acid groups (broad SMARTS) is 1. The Morgan fingerprint density at radius 1 is 1.27 bits per heavy atom. The van der Waals surface area contributed by atoms with Gasteiger partial charge in [-0.25, -0.2) is 8.42 Å². The maximum atomic E-state index is 12.4. The van der Waals surface area contributed by atoms with Crippen molar-refractivity contribution in [1.82, 2.24) is 10.2 Å². The fourth-order valence-electron chi connectivity index (χ4n) is 3.28. The van der Waals surface area contributed by atoms with Crippen LogP contribution >= 0.6 is 0 Å². The summed E-state index contributed by atoms with van der Waals surface area (Å²) in [6, 6.07) is 4.88. The van der Waals surface area contributed by atoms with Crippen LogP contribution in [0, 0.1) is 0 Å². The highest BCUT2D eigenvalue weighted by molar-refractivity contribution is 7.90. The lowest BCUT2D eigenvalue weighted by Crippen LogP contribution is -2.54. The van der Waals surface area contributed by atoms with Gasteiger partial charge in [-0.15, -0.1) is 0 Å². The monoisotopic (exact) mass is 382 g/mol. The second-order valence-electron chi connectivity index (χ2n) is 6.70. The third-order valence-electron chi connectivity index (χ3n) is 4.82. The first kappa shape index (κ1) is 20.4. The molecule has 2 rings (SSSR count). The van der Waals surface area contributed by atoms with Crippen LogP contribution in [0.3, 0.4) is 0 Å². The molecule has 0 heterocycles. The molecular weight excluding hydrogens is 356 g/mol. The van der Waals surface area contributed by atoms with Gasteiger partial charge in [0.05, 0.1) is 11.4 Å². The zero-order valence-corrected chi connectivity index (χ0v) is 16.2. The third-order valence-corrected chi connectivity index (χ3v) is 6.00. The summed E-state index contributed by atoms with van der Waals surface area (Å²) in [6.45, 7) is 4.43. The molecule has 1 aromatic carbocycles. The summed E-state index contributed by atoms with van der Waals surface area (Å²) in [5.41, 5.74) is 1.02. The lowest BCUT2D eigenvalue weighted by Gasteiger charge is -2.42. The highest BCUT2D eigenvalue weighted by Crippen LogP contribution is 2.26. The van der Waals surface area contributed by atoms with Crippen LogP contribution in [0.2, 0.25) is 0 Å². The van der Waals surface area contributed by atoms with Gasteiger partial charge >= 0.3 is 5.97 Å². The molecular formula is C18H26N2O5S. The fraction of sp³-hybridized carbons (Fsp3) is 0.556. The van der Waals surface area contributed by atoms with E-state index in [-0.39, 0.29) is 29.4 Å². The summed E-state index contributed by atoms with van der Waals surface area (Å²) in [4.78, 5) is 25.4. The van der Waals surface area contributed by atoms with Gasteiger partial charge in [0.1, 0.15) is 0 Å². The Balaban J connectivity index is 2.01. The summed E-state index contributed by atoms with van der Waals surface area (Å²) in [6.07, 6.45) is 3.10. The van der Waals surface area contributed by atoms with Crippen molar-refractivity contribution in [1.29, 1.82) is 0 Å². The van der Waals surface area contributed by atoms with Gasteiger partial charge in [-0.2, -0.15) is 0 Å². The summed E-state index contributed by atoms with van der Waals surface area (Å²) >= 11 is 0. The molecule has 1 aromatic rings. The molecule has 1 fully saturated rings. The molecule has 2 N–H and O–H groups in total. The molecule has 0 atom stereocenters. The number of aryl methyl sites for hydroxylation is 1. The molecule has 1 aliphatic carbocycles. The van der Waals surface area contributed by atoms with Gasteiger partial charge in [0.15, 0.2) is 9.84 Å². The minimum absolute atomic E-state index is 0.00195. The smallest absolute Gasteiger partial charge is 0.317 e. The standard InChI is InChI=1S/C18H26N2O5S/c1-4-12-6-7-13(8-16(12)26(3,24)25)18(23)19-14-9-15(10-14)20(5-2)11-17(21)22/h6-8,14-15H,4-5,9-11H2,1-3H3,(H,19,23)(H,21,22). The van der Waals surface area contributed by atoms with Gasteiger partial charge in [-0.3, -0.25) is 14.5 Å². The predicted molar refractivity (Wildman–Crippen MR) is 98.1 cm³/mol. The average Bonchev–Trinajstić information content (AvgIpc) is 2.54. The van der Waals surface area contributed by atoms with E-state index in [2.05, 4.69) is 5.32 Å². The quantitative estimate of drug-likeness (QED) is 0.703. The average molecular weight is 382 g/mol. The molecule has 0 saturated heterocycles. The maximum absolute atomic E-state index is 12.4. The van der Waals surface area contributed by atoms with Crippen molar-refractivity contribution in [3.05, 3.63) is 29.3 Å². The zero-order valence-electron chi connectivity index (χ0n) is 15.4. The van der Waals surface area contributed by atoms with Gasteiger partial charge in [-0.05, 0) is 43.5 Å². The summed E-state index contributed by atoms with van der Waals surface area (Å²) in [7, 11) is -3.40. The first-order valence-electron chi connectivity index (χ1n) is 8.75. The van der Waals surface area contributed by atoms with E-state index in [1.165, 1.54) is 6.07 Å². The van der Waals surface area contributed by atoms with Crippen LogP contribution in [0.25, 0.3) is 0 Å². The number of sulfone groups is 1. The van der Waals surface area contributed by atoms with Crippen LogP contribution in [-0.2, 0) is 21.1 Å². The molecule has 0 bridgehead atoms. The molecule has 0 aromatic heterocycles. The summed E-state index contributed by atoms with van der Waals surface area (Å²) in [5, 5.41) is 11.8. The van der Waals surface area contributed by atoms with E-state index in [0.29, 0.717) is 36.9 Å². The number of hydrogen-bond acceptors (Lipinski definition) is 5. The number of likely N-dealkylation sites (N-methyl/N-ethyl adjacent to an activating group) is 1. The van der Waals surface area contributed by atoms with Crippen LogP contribution < -0.4 is 5.32 Å². The summed E-state index contributed by atoms with van der Waals surface area (Å²) < 4.78 is 23.9. The van der Waals surface area contributed by atoms with E-state index in [1.54, 1.807) is 12.1 Å². The van der Waals surface area contributed by atoms with Gasteiger partial charge in [-0.1, -0.05) is 19.9 Å². The Morgan fingerprint density at radius 2 is 1.92 bits per heavy atom. The second kappa shape index (κ2) is 8.18. The largest absolute Gasteiger partial charge is 0.480 e. The highest BCUT2D eigenvalue weighted by Gasteiger charge is 2.34. The normalized spacial score (nSPS) is 19.8.